The van der Waals surface area contributed by atoms with E-state index in [9.17, 15) is 18.0 Å². The van der Waals surface area contributed by atoms with Crippen LogP contribution in [-0.4, -0.2) is 22.4 Å². The summed E-state index contributed by atoms with van der Waals surface area (Å²) in [4.78, 5) is 11.2. The average Bonchev–Trinajstić information content (AvgIpc) is 2.60. The van der Waals surface area contributed by atoms with Crippen LogP contribution in [0.3, 0.4) is 0 Å². The zero-order valence-electron chi connectivity index (χ0n) is 8.21. The Morgan fingerprint density at radius 2 is 2.25 bits per heavy atom. The number of esters is 1. The molecule has 90 valence electrons. The number of carbonyl (C=O) groups excluding carboxylic acids is 1. The van der Waals surface area contributed by atoms with E-state index in [4.69, 9.17) is 11.6 Å². The summed E-state index contributed by atoms with van der Waals surface area (Å²) in [5.74, 6) is -1.06. The number of alkyl halides is 4. The summed E-state index contributed by atoms with van der Waals surface area (Å²) >= 11 is 5.28. The molecule has 4 nitrogen and oxygen atoms in total. The molecule has 0 aromatic carbocycles. The van der Waals surface area contributed by atoms with Crippen molar-refractivity contribution in [2.45, 2.75) is 19.1 Å². The normalized spacial score (nSPS) is 11.6. The lowest BCUT2D eigenvalue weighted by molar-refractivity contribution is -0.144. The van der Waals surface area contributed by atoms with E-state index in [0.29, 0.717) is 4.68 Å². The highest BCUT2D eigenvalue weighted by atomic mass is 35.5. The molecule has 0 aliphatic carbocycles. The van der Waals surface area contributed by atoms with Gasteiger partial charge in [-0.1, -0.05) is 0 Å². The molecule has 0 spiro atoms. The molecule has 0 saturated carbocycles. The Balaban J connectivity index is 3.20. The van der Waals surface area contributed by atoms with E-state index in [1.54, 1.807) is 0 Å². The van der Waals surface area contributed by atoms with Crippen molar-refractivity contribution in [3.63, 3.8) is 0 Å². The van der Waals surface area contributed by atoms with Gasteiger partial charge in [0.1, 0.15) is 11.6 Å². The minimum absolute atomic E-state index is 0.0117. The minimum atomic E-state index is -4.70. The molecule has 0 radical (unpaired) electrons. The molecule has 1 heterocycles. The second-order valence-corrected chi connectivity index (χ2v) is 2.98. The van der Waals surface area contributed by atoms with Crippen molar-refractivity contribution in [1.29, 1.82) is 0 Å². The summed E-state index contributed by atoms with van der Waals surface area (Å²) < 4.78 is 42.8. The van der Waals surface area contributed by atoms with E-state index in [1.165, 1.54) is 6.92 Å². The molecule has 0 fully saturated rings. The van der Waals surface area contributed by atoms with Crippen LogP contribution >= 0.6 is 11.6 Å². The molecule has 0 N–H and O–H groups in total. The molecule has 8 heteroatoms. The Morgan fingerprint density at radius 1 is 1.62 bits per heavy atom. The zero-order valence-corrected chi connectivity index (χ0v) is 8.97. The van der Waals surface area contributed by atoms with E-state index in [0.717, 1.165) is 6.20 Å². The maximum atomic E-state index is 12.6. The first kappa shape index (κ1) is 12.8. The maximum absolute atomic E-state index is 12.6. The Morgan fingerprint density at radius 3 is 2.69 bits per heavy atom. The van der Waals surface area contributed by atoms with Gasteiger partial charge >= 0.3 is 12.1 Å². The first-order valence-corrected chi connectivity index (χ1v) is 4.81. The Kier molecular flexibility index (Phi) is 3.79. The van der Waals surface area contributed by atoms with Gasteiger partial charge in [-0.05, 0) is 6.92 Å². The fraction of sp³-hybridized carbons (Fsp3) is 0.500. The Hall–Kier alpha value is -1.24. The van der Waals surface area contributed by atoms with E-state index < -0.39 is 29.4 Å². The number of ether oxygens (including phenoxy) is 1. The number of hydrogen-bond donors (Lipinski definition) is 0. The lowest BCUT2D eigenvalue weighted by atomic mass is 10.2. The van der Waals surface area contributed by atoms with Crippen molar-refractivity contribution in [1.82, 2.24) is 9.78 Å². The fourth-order valence-electron chi connectivity index (χ4n) is 1.13. The van der Waals surface area contributed by atoms with Crippen LogP contribution in [0.25, 0.3) is 0 Å². The number of rotatable bonds is 3. The van der Waals surface area contributed by atoms with Crippen LogP contribution in [0, 0.1) is 0 Å². The van der Waals surface area contributed by atoms with Crippen molar-refractivity contribution >= 4 is 17.6 Å². The van der Waals surface area contributed by atoms with Crippen LogP contribution in [0.4, 0.5) is 13.2 Å². The van der Waals surface area contributed by atoms with Gasteiger partial charge in [-0.2, -0.15) is 18.3 Å². The van der Waals surface area contributed by atoms with Gasteiger partial charge in [-0.3, -0.25) is 0 Å². The minimum Gasteiger partial charge on any atom is -0.462 e. The van der Waals surface area contributed by atoms with E-state index in [1.807, 2.05) is 0 Å². The molecule has 1 aromatic heterocycles. The van der Waals surface area contributed by atoms with Crippen molar-refractivity contribution < 1.29 is 22.7 Å². The molecule has 1 aromatic rings. The predicted octanol–water partition coefficient (Wildman–Crippen LogP) is 2.27. The van der Waals surface area contributed by atoms with Crippen molar-refractivity contribution in [2.75, 3.05) is 6.61 Å². The summed E-state index contributed by atoms with van der Waals surface area (Å²) in [6.07, 6.45) is -3.91. The van der Waals surface area contributed by atoms with Gasteiger partial charge in [0.15, 0.2) is 5.69 Å². The molecule has 0 atom stereocenters. The third kappa shape index (κ3) is 2.46. The highest BCUT2D eigenvalue weighted by molar-refractivity contribution is 6.15. The quantitative estimate of drug-likeness (QED) is 0.616. The fourth-order valence-corrected chi connectivity index (χ4v) is 1.31. The van der Waals surface area contributed by atoms with Crippen LogP contribution < -0.4 is 0 Å². The number of aromatic nitrogens is 2. The van der Waals surface area contributed by atoms with Crippen molar-refractivity contribution in [3.05, 3.63) is 17.5 Å². The van der Waals surface area contributed by atoms with Crippen LogP contribution in [-0.2, 0) is 16.9 Å². The molecule has 16 heavy (non-hydrogen) atoms. The maximum Gasteiger partial charge on any atom is 0.433 e. The molecular weight excluding hydrogens is 249 g/mol. The second-order valence-electron chi connectivity index (χ2n) is 2.74. The van der Waals surface area contributed by atoms with Crippen LogP contribution in [0.5, 0.6) is 0 Å². The van der Waals surface area contributed by atoms with Crippen LogP contribution in [0.2, 0.25) is 0 Å². The highest BCUT2D eigenvalue weighted by Gasteiger charge is 2.40. The summed E-state index contributed by atoms with van der Waals surface area (Å²) in [5.41, 5.74) is -1.82. The third-order valence-corrected chi connectivity index (χ3v) is 1.94. The number of carbonyl (C=O) groups is 1. The van der Waals surface area contributed by atoms with Crippen LogP contribution in [0.15, 0.2) is 6.20 Å². The van der Waals surface area contributed by atoms with Gasteiger partial charge < -0.3 is 4.74 Å². The molecule has 0 aliphatic rings. The lowest BCUT2D eigenvalue weighted by Crippen LogP contribution is -2.18. The van der Waals surface area contributed by atoms with Gasteiger partial charge in [0.25, 0.3) is 0 Å². The number of nitrogens with zero attached hydrogens (tertiary/aromatic N) is 2. The molecule has 0 unspecified atom stereocenters. The number of halogens is 4. The van der Waals surface area contributed by atoms with Crippen LogP contribution in [0.1, 0.15) is 23.0 Å². The molecular formula is C8H8ClF3N2O2. The Bertz CT molecular complexity index is 389. The van der Waals surface area contributed by atoms with E-state index >= 15 is 0 Å². The largest absolute Gasteiger partial charge is 0.462 e. The second kappa shape index (κ2) is 4.73. The van der Waals surface area contributed by atoms with Gasteiger partial charge in [0, 0.05) is 0 Å². The monoisotopic (exact) mass is 256 g/mol. The molecule has 0 bridgehead atoms. The van der Waals surface area contributed by atoms with Crippen molar-refractivity contribution in [2.24, 2.45) is 0 Å². The zero-order chi connectivity index (χ0) is 12.3. The Labute approximate surface area is 93.9 Å². The van der Waals surface area contributed by atoms with Gasteiger partial charge in [0.2, 0.25) is 0 Å². The van der Waals surface area contributed by atoms with Gasteiger partial charge in [-0.25, -0.2) is 9.48 Å². The van der Waals surface area contributed by atoms with Crippen molar-refractivity contribution in [3.8, 4) is 0 Å². The SMILES string of the molecule is CCOC(=O)c1cnn(CCl)c1C(F)(F)F. The van der Waals surface area contributed by atoms with E-state index in [-0.39, 0.29) is 6.61 Å². The van der Waals surface area contributed by atoms with Gasteiger partial charge in [0.05, 0.1) is 12.8 Å². The third-order valence-electron chi connectivity index (χ3n) is 1.72. The summed E-state index contributed by atoms with van der Waals surface area (Å²) in [7, 11) is 0. The molecule has 0 saturated heterocycles. The average molecular weight is 257 g/mol. The molecule has 0 amide bonds. The predicted molar refractivity (Wildman–Crippen MR) is 49.0 cm³/mol. The summed E-state index contributed by atoms with van der Waals surface area (Å²) in [5, 5.41) is 3.37. The first-order chi connectivity index (χ1) is 7.41. The number of hydrogen-bond acceptors (Lipinski definition) is 3. The topological polar surface area (TPSA) is 44.1 Å². The summed E-state index contributed by atoms with van der Waals surface area (Å²) in [6.45, 7) is 1.49. The first-order valence-electron chi connectivity index (χ1n) is 4.27. The highest BCUT2D eigenvalue weighted by Crippen LogP contribution is 2.32. The smallest absolute Gasteiger partial charge is 0.433 e. The molecule has 1 rings (SSSR count). The van der Waals surface area contributed by atoms with Gasteiger partial charge in [-0.15, -0.1) is 11.6 Å². The lowest BCUT2D eigenvalue weighted by Gasteiger charge is -2.10. The van der Waals surface area contributed by atoms with E-state index in [2.05, 4.69) is 9.84 Å². The standard InChI is InChI=1S/C8H8ClF3N2O2/c1-2-16-7(15)5-3-13-14(4-9)6(5)8(10,11)12/h3H,2,4H2,1H3. The summed E-state index contributed by atoms with van der Waals surface area (Å²) in [6, 6.07) is -0.492. The molecule has 0 aliphatic heterocycles.